The van der Waals surface area contributed by atoms with Crippen molar-refractivity contribution < 1.29 is 18.7 Å². The van der Waals surface area contributed by atoms with Gasteiger partial charge >= 0.3 is 5.97 Å². The molecule has 1 aromatic rings. The molecule has 0 aliphatic heterocycles. The summed E-state index contributed by atoms with van der Waals surface area (Å²) in [6.45, 7) is 1.81. The molecule has 5 heteroatoms. The molecule has 17 heavy (non-hydrogen) atoms. The maximum atomic E-state index is 13.2. The van der Waals surface area contributed by atoms with Gasteiger partial charge < -0.3 is 9.47 Å². The summed E-state index contributed by atoms with van der Waals surface area (Å²) in [5, 5.41) is 8.92. The van der Waals surface area contributed by atoms with E-state index in [4.69, 9.17) is 14.7 Å². The number of methoxy groups -OCH3 is 1. The van der Waals surface area contributed by atoms with Crippen LogP contribution in [0.15, 0.2) is 18.2 Å². The van der Waals surface area contributed by atoms with Crippen molar-refractivity contribution in [2.24, 2.45) is 0 Å². The van der Waals surface area contributed by atoms with Crippen molar-refractivity contribution in [1.29, 1.82) is 5.26 Å². The highest BCUT2D eigenvalue weighted by molar-refractivity contribution is 5.81. The van der Waals surface area contributed by atoms with E-state index in [0.29, 0.717) is 0 Å². The number of carbonyl (C=O) groups excluding carboxylic acids is 1. The molecule has 0 radical (unpaired) electrons. The molecule has 0 N–H and O–H groups in total. The Morgan fingerprint density at radius 3 is 2.76 bits per heavy atom. The van der Waals surface area contributed by atoms with Gasteiger partial charge in [0.25, 0.3) is 0 Å². The van der Waals surface area contributed by atoms with E-state index in [1.807, 2.05) is 0 Å². The molecule has 1 aromatic carbocycles. The molecule has 0 aliphatic carbocycles. The molecule has 0 saturated carbocycles. The Balaban J connectivity index is 3.08. The number of ether oxygens (including phenoxy) is 2. The molecule has 0 aromatic heterocycles. The average Bonchev–Trinajstić information content (AvgIpc) is 2.29. The van der Waals surface area contributed by atoms with Gasteiger partial charge in [-0.25, -0.2) is 4.39 Å². The SMILES string of the molecule is CCOC(=O)[C@@H](C#N)c1cc(F)cc(OC)c1. The van der Waals surface area contributed by atoms with Gasteiger partial charge in [-0.2, -0.15) is 5.26 Å². The van der Waals surface area contributed by atoms with Crippen molar-refractivity contribution in [3.63, 3.8) is 0 Å². The highest BCUT2D eigenvalue weighted by Gasteiger charge is 2.22. The minimum absolute atomic E-state index is 0.170. The van der Waals surface area contributed by atoms with Crippen molar-refractivity contribution in [3.05, 3.63) is 29.6 Å². The zero-order valence-electron chi connectivity index (χ0n) is 9.57. The van der Waals surface area contributed by atoms with Crippen LogP contribution in [0.1, 0.15) is 18.4 Å². The lowest BCUT2D eigenvalue weighted by Gasteiger charge is -2.10. The van der Waals surface area contributed by atoms with Crippen molar-refractivity contribution in [1.82, 2.24) is 0 Å². The second kappa shape index (κ2) is 5.85. The van der Waals surface area contributed by atoms with Gasteiger partial charge in [0.05, 0.1) is 19.8 Å². The fraction of sp³-hybridized carbons (Fsp3) is 0.333. The van der Waals surface area contributed by atoms with Crippen molar-refractivity contribution in [3.8, 4) is 11.8 Å². The van der Waals surface area contributed by atoms with E-state index in [1.54, 1.807) is 13.0 Å². The highest BCUT2D eigenvalue weighted by atomic mass is 19.1. The van der Waals surface area contributed by atoms with Crippen LogP contribution in [0.3, 0.4) is 0 Å². The molecule has 4 nitrogen and oxygen atoms in total. The smallest absolute Gasteiger partial charge is 0.327 e. The predicted molar refractivity (Wildman–Crippen MR) is 57.9 cm³/mol. The number of hydrogen-bond acceptors (Lipinski definition) is 4. The Morgan fingerprint density at radius 2 is 2.24 bits per heavy atom. The number of nitrogens with zero attached hydrogens (tertiary/aromatic N) is 1. The van der Waals surface area contributed by atoms with Gasteiger partial charge in [-0.3, -0.25) is 4.79 Å². The van der Waals surface area contributed by atoms with E-state index >= 15 is 0 Å². The molecule has 0 bridgehead atoms. The molecule has 0 heterocycles. The van der Waals surface area contributed by atoms with Crippen LogP contribution < -0.4 is 4.74 Å². The molecular formula is C12H12FNO3. The van der Waals surface area contributed by atoms with Gasteiger partial charge in [-0.15, -0.1) is 0 Å². The number of halogens is 1. The maximum Gasteiger partial charge on any atom is 0.327 e. The Labute approximate surface area is 98.6 Å². The summed E-state index contributed by atoms with van der Waals surface area (Å²) in [5.41, 5.74) is 0.225. The molecular weight excluding hydrogens is 225 g/mol. The maximum absolute atomic E-state index is 13.2. The average molecular weight is 237 g/mol. The number of esters is 1. The van der Waals surface area contributed by atoms with Gasteiger partial charge in [0.1, 0.15) is 11.6 Å². The first kappa shape index (κ1) is 13.0. The Hall–Kier alpha value is -2.09. The van der Waals surface area contributed by atoms with Crippen LogP contribution in [-0.4, -0.2) is 19.7 Å². The van der Waals surface area contributed by atoms with Gasteiger partial charge in [0.15, 0.2) is 5.92 Å². The Morgan fingerprint density at radius 1 is 1.53 bits per heavy atom. The van der Waals surface area contributed by atoms with Crippen molar-refractivity contribution in [2.45, 2.75) is 12.8 Å². The minimum Gasteiger partial charge on any atom is -0.497 e. The molecule has 90 valence electrons. The molecule has 0 unspecified atom stereocenters. The van der Waals surface area contributed by atoms with Gasteiger partial charge in [-0.05, 0) is 24.6 Å². The first-order valence-electron chi connectivity index (χ1n) is 5.03. The van der Waals surface area contributed by atoms with Crippen LogP contribution in [0.25, 0.3) is 0 Å². The molecule has 0 saturated heterocycles. The zero-order valence-corrected chi connectivity index (χ0v) is 9.57. The van der Waals surface area contributed by atoms with Gasteiger partial charge in [0.2, 0.25) is 0 Å². The van der Waals surface area contributed by atoms with Crippen molar-refractivity contribution >= 4 is 5.97 Å². The fourth-order valence-electron chi connectivity index (χ4n) is 1.36. The lowest BCUT2D eigenvalue weighted by molar-refractivity contribution is -0.143. The van der Waals surface area contributed by atoms with E-state index < -0.39 is 17.7 Å². The van der Waals surface area contributed by atoms with E-state index in [0.717, 1.165) is 6.07 Å². The van der Waals surface area contributed by atoms with E-state index in [1.165, 1.54) is 19.2 Å². The quantitative estimate of drug-likeness (QED) is 0.751. The van der Waals surface area contributed by atoms with Gasteiger partial charge in [0, 0.05) is 6.07 Å². The molecule has 0 aliphatic rings. The van der Waals surface area contributed by atoms with Crippen LogP contribution >= 0.6 is 0 Å². The predicted octanol–water partition coefficient (Wildman–Crippen LogP) is 2.00. The summed E-state index contributed by atoms with van der Waals surface area (Å²) in [4.78, 5) is 11.5. The highest BCUT2D eigenvalue weighted by Crippen LogP contribution is 2.23. The van der Waals surface area contributed by atoms with Crippen molar-refractivity contribution in [2.75, 3.05) is 13.7 Å². The second-order valence-electron chi connectivity index (χ2n) is 3.24. The monoisotopic (exact) mass is 237 g/mol. The normalized spacial score (nSPS) is 11.4. The van der Waals surface area contributed by atoms with Crippen LogP contribution in [-0.2, 0) is 9.53 Å². The number of rotatable bonds is 4. The van der Waals surface area contributed by atoms with Crippen LogP contribution in [0.2, 0.25) is 0 Å². The summed E-state index contributed by atoms with van der Waals surface area (Å²) in [6, 6.07) is 5.51. The van der Waals surface area contributed by atoms with Crippen LogP contribution in [0, 0.1) is 17.1 Å². The molecule has 1 atom stereocenters. The third kappa shape index (κ3) is 3.18. The Bertz CT molecular complexity index is 454. The summed E-state index contributed by atoms with van der Waals surface area (Å²) < 4.78 is 22.8. The number of nitriles is 1. The summed E-state index contributed by atoms with van der Waals surface area (Å²) in [6.07, 6.45) is 0. The van der Waals surface area contributed by atoms with Crippen LogP contribution in [0.5, 0.6) is 5.75 Å². The van der Waals surface area contributed by atoms with E-state index in [9.17, 15) is 9.18 Å². The lowest BCUT2D eigenvalue weighted by atomic mass is 10.0. The summed E-state index contributed by atoms with van der Waals surface area (Å²) >= 11 is 0. The summed E-state index contributed by atoms with van der Waals surface area (Å²) in [7, 11) is 1.38. The lowest BCUT2D eigenvalue weighted by Crippen LogP contribution is -2.14. The second-order valence-corrected chi connectivity index (χ2v) is 3.24. The number of benzene rings is 1. The Kier molecular flexibility index (Phi) is 4.46. The first-order chi connectivity index (χ1) is 8.12. The first-order valence-corrected chi connectivity index (χ1v) is 5.03. The van der Waals surface area contributed by atoms with Crippen LogP contribution in [0.4, 0.5) is 4.39 Å². The fourth-order valence-corrected chi connectivity index (χ4v) is 1.36. The topological polar surface area (TPSA) is 59.3 Å². The van der Waals surface area contributed by atoms with Gasteiger partial charge in [-0.1, -0.05) is 0 Å². The zero-order chi connectivity index (χ0) is 12.8. The largest absolute Gasteiger partial charge is 0.497 e. The number of hydrogen-bond donors (Lipinski definition) is 0. The molecule has 0 fully saturated rings. The third-order valence-electron chi connectivity index (χ3n) is 2.11. The standard InChI is InChI=1S/C12H12FNO3/c1-3-17-12(15)11(7-14)8-4-9(13)6-10(5-8)16-2/h4-6,11H,3H2,1-2H3/t11-/m0/s1. The number of carbonyl (C=O) groups is 1. The minimum atomic E-state index is -1.14. The van der Waals surface area contributed by atoms with E-state index in [-0.39, 0.29) is 17.9 Å². The van der Waals surface area contributed by atoms with E-state index in [2.05, 4.69) is 0 Å². The summed E-state index contributed by atoms with van der Waals surface area (Å²) in [5.74, 6) is -2.14. The molecule has 0 amide bonds. The molecule has 0 spiro atoms. The third-order valence-corrected chi connectivity index (χ3v) is 2.11. The molecule has 1 rings (SSSR count).